The molecule has 16 heavy (non-hydrogen) atoms. The second-order valence-electron chi connectivity index (χ2n) is 4.23. The molecule has 0 aliphatic heterocycles. The number of nitrogens with zero attached hydrogens (tertiary/aromatic N) is 1. The molecular weight excluding hydrogens is 200 g/mol. The molecule has 0 saturated carbocycles. The van der Waals surface area contributed by atoms with Crippen molar-refractivity contribution < 1.29 is 9.36 Å². The smallest absolute Gasteiger partial charge is 0.286 e. The van der Waals surface area contributed by atoms with Crippen LogP contribution in [-0.4, -0.2) is 11.9 Å². The van der Waals surface area contributed by atoms with Crippen LogP contribution in [0.4, 0.5) is 0 Å². The predicted molar refractivity (Wildman–Crippen MR) is 63.9 cm³/mol. The summed E-state index contributed by atoms with van der Waals surface area (Å²) in [5.74, 6) is 0.0836. The maximum Gasteiger partial charge on any atom is 0.286 e. The first-order valence-corrected chi connectivity index (χ1v) is 5.88. The molecule has 1 aromatic rings. The Labute approximate surface area is 97.5 Å². The SMILES string of the molecule is CCC[C@H](C)NC(=O)C[n+]1ccccc1C. The average Bonchev–Trinajstić information content (AvgIpc) is 2.21. The van der Waals surface area contributed by atoms with Crippen LogP contribution in [0.1, 0.15) is 32.4 Å². The summed E-state index contributed by atoms with van der Waals surface area (Å²) in [4.78, 5) is 11.7. The highest BCUT2D eigenvalue weighted by atomic mass is 16.2. The Balaban J connectivity index is 2.49. The van der Waals surface area contributed by atoms with E-state index in [-0.39, 0.29) is 11.9 Å². The minimum atomic E-state index is 0.0836. The van der Waals surface area contributed by atoms with Gasteiger partial charge in [0.25, 0.3) is 5.91 Å². The summed E-state index contributed by atoms with van der Waals surface area (Å²) < 4.78 is 1.95. The number of hydrogen-bond acceptors (Lipinski definition) is 1. The van der Waals surface area contributed by atoms with Gasteiger partial charge in [-0.2, -0.15) is 4.57 Å². The third-order valence-corrected chi connectivity index (χ3v) is 2.61. The van der Waals surface area contributed by atoms with Crippen molar-refractivity contribution >= 4 is 5.91 Å². The van der Waals surface area contributed by atoms with Crippen LogP contribution in [0.5, 0.6) is 0 Å². The topological polar surface area (TPSA) is 33.0 Å². The lowest BCUT2D eigenvalue weighted by Crippen LogP contribution is -2.46. The Morgan fingerprint density at radius 1 is 1.50 bits per heavy atom. The summed E-state index contributed by atoms with van der Waals surface area (Å²) in [5, 5.41) is 3.00. The highest BCUT2D eigenvalue weighted by Gasteiger charge is 2.13. The Morgan fingerprint density at radius 3 is 2.88 bits per heavy atom. The van der Waals surface area contributed by atoms with Crippen LogP contribution in [0.2, 0.25) is 0 Å². The standard InChI is InChI=1S/C13H20N2O/c1-4-7-11(2)14-13(16)10-15-9-6-5-8-12(15)3/h5-6,8-9,11H,4,7,10H2,1-3H3/p+1/t11-/m0/s1. The van der Waals surface area contributed by atoms with Gasteiger partial charge in [-0.25, -0.2) is 0 Å². The molecule has 3 heteroatoms. The second kappa shape index (κ2) is 6.26. The second-order valence-corrected chi connectivity index (χ2v) is 4.23. The summed E-state index contributed by atoms with van der Waals surface area (Å²) in [6.07, 6.45) is 4.06. The fourth-order valence-corrected chi connectivity index (χ4v) is 1.72. The maximum absolute atomic E-state index is 11.7. The third-order valence-electron chi connectivity index (χ3n) is 2.61. The number of aryl methyl sites for hydroxylation is 1. The van der Waals surface area contributed by atoms with E-state index in [1.807, 2.05) is 42.8 Å². The van der Waals surface area contributed by atoms with Gasteiger partial charge in [0.2, 0.25) is 6.54 Å². The third kappa shape index (κ3) is 4.01. The fraction of sp³-hybridized carbons (Fsp3) is 0.538. The lowest BCUT2D eigenvalue weighted by molar-refractivity contribution is -0.690. The molecule has 0 bridgehead atoms. The number of aromatic nitrogens is 1. The van der Waals surface area contributed by atoms with E-state index >= 15 is 0 Å². The Bertz CT molecular complexity index is 350. The summed E-state index contributed by atoms with van der Waals surface area (Å²) in [6.45, 7) is 6.58. The van der Waals surface area contributed by atoms with Crippen molar-refractivity contribution in [2.75, 3.05) is 0 Å². The zero-order valence-corrected chi connectivity index (χ0v) is 10.4. The molecule has 0 spiro atoms. The highest BCUT2D eigenvalue weighted by Crippen LogP contribution is 1.94. The van der Waals surface area contributed by atoms with Gasteiger partial charge in [-0.15, -0.1) is 0 Å². The summed E-state index contributed by atoms with van der Waals surface area (Å²) in [7, 11) is 0. The summed E-state index contributed by atoms with van der Waals surface area (Å²) >= 11 is 0. The van der Waals surface area contributed by atoms with Gasteiger partial charge in [0.05, 0.1) is 0 Å². The Morgan fingerprint density at radius 2 is 2.25 bits per heavy atom. The molecule has 0 radical (unpaired) electrons. The maximum atomic E-state index is 11.7. The van der Waals surface area contributed by atoms with E-state index < -0.39 is 0 Å². The number of nitrogens with one attached hydrogen (secondary N) is 1. The first-order chi connectivity index (χ1) is 7.63. The average molecular weight is 221 g/mol. The molecule has 0 fully saturated rings. The first kappa shape index (κ1) is 12.7. The van der Waals surface area contributed by atoms with Gasteiger partial charge in [-0.3, -0.25) is 4.79 Å². The van der Waals surface area contributed by atoms with Gasteiger partial charge in [0.1, 0.15) is 0 Å². The molecule has 88 valence electrons. The summed E-state index contributed by atoms with van der Waals surface area (Å²) in [5.41, 5.74) is 1.10. The zero-order valence-electron chi connectivity index (χ0n) is 10.4. The van der Waals surface area contributed by atoms with Crippen molar-refractivity contribution in [3.05, 3.63) is 30.1 Å². The van der Waals surface area contributed by atoms with Crippen LogP contribution < -0.4 is 9.88 Å². The van der Waals surface area contributed by atoms with Crippen LogP contribution in [0.15, 0.2) is 24.4 Å². The molecule has 1 rings (SSSR count). The largest absolute Gasteiger partial charge is 0.348 e. The van der Waals surface area contributed by atoms with E-state index in [1.54, 1.807) is 0 Å². The molecule has 0 saturated heterocycles. The van der Waals surface area contributed by atoms with Crippen molar-refractivity contribution in [1.29, 1.82) is 0 Å². The lowest BCUT2D eigenvalue weighted by Gasteiger charge is -2.11. The molecular formula is C13H21N2O+. The summed E-state index contributed by atoms with van der Waals surface area (Å²) in [6, 6.07) is 6.18. The van der Waals surface area contributed by atoms with E-state index in [4.69, 9.17) is 0 Å². The molecule has 1 aromatic heterocycles. The monoisotopic (exact) mass is 221 g/mol. The van der Waals surface area contributed by atoms with Gasteiger partial charge in [0, 0.05) is 25.1 Å². The molecule has 3 nitrogen and oxygen atoms in total. The normalized spacial score (nSPS) is 12.2. The van der Waals surface area contributed by atoms with Gasteiger partial charge in [0.15, 0.2) is 11.9 Å². The number of pyridine rings is 1. The molecule has 1 atom stereocenters. The van der Waals surface area contributed by atoms with Crippen LogP contribution in [-0.2, 0) is 11.3 Å². The molecule has 0 unspecified atom stereocenters. The van der Waals surface area contributed by atoms with Crippen molar-refractivity contribution in [3.8, 4) is 0 Å². The fourth-order valence-electron chi connectivity index (χ4n) is 1.72. The van der Waals surface area contributed by atoms with E-state index in [1.165, 1.54) is 0 Å². The van der Waals surface area contributed by atoms with E-state index in [0.29, 0.717) is 6.54 Å². The Hall–Kier alpha value is -1.38. The molecule has 1 heterocycles. The lowest BCUT2D eigenvalue weighted by atomic mass is 10.2. The molecule has 1 amide bonds. The first-order valence-electron chi connectivity index (χ1n) is 5.88. The van der Waals surface area contributed by atoms with Crippen molar-refractivity contribution in [2.24, 2.45) is 0 Å². The van der Waals surface area contributed by atoms with Gasteiger partial charge in [-0.1, -0.05) is 19.4 Å². The van der Waals surface area contributed by atoms with Gasteiger partial charge in [-0.05, 0) is 13.3 Å². The van der Waals surface area contributed by atoms with Crippen molar-refractivity contribution in [1.82, 2.24) is 5.32 Å². The zero-order chi connectivity index (χ0) is 12.0. The predicted octanol–water partition coefficient (Wildman–Crippen LogP) is 1.59. The molecule has 0 aliphatic rings. The molecule has 1 N–H and O–H groups in total. The number of amides is 1. The van der Waals surface area contributed by atoms with Crippen LogP contribution in [0.3, 0.4) is 0 Å². The number of carbonyl (C=O) groups excluding carboxylic acids is 1. The van der Waals surface area contributed by atoms with E-state index in [2.05, 4.69) is 12.2 Å². The van der Waals surface area contributed by atoms with Crippen molar-refractivity contribution in [2.45, 2.75) is 46.2 Å². The van der Waals surface area contributed by atoms with Gasteiger partial charge >= 0.3 is 0 Å². The van der Waals surface area contributed by atoms with Crippen LogP contribution in [0.25, 0.3) is 0 Å². The number of carbonyl (C=O) groups is 1. The van der Waals surface area contributed by atoms with E-state index in [9.17, 15) is 4.79 Å². The minimum Gasteiger partial charge on any atom is -0.348 e. The molecule has 0 aromatic carbocycles. The molecule has 0 aliphatic carbocycles. The number of hydrogen-bond donors (Lipinski definition) is 1. The van der Waals surface area contributed by atoms with Crippen LogP contribution in [0, 0.1) is 6.92 Å². The quantitative estimate of drug-likeness (QED) is 0.752. The highest BCUT2D eigenvalue weighted by molar-refractivity contribution is 5.74. The van der Waals surface area contributed by atoms with Gasteiger partial charge < -0.3 is 5.32 Å². The Kier molecular flexibility index (Phi) is 4.96. The van der Waals surface area contributed by atoms with Crippen LogP contribution >= 0.6 is 0 Å². The van der Waals surface area contributed by atoms with E-state index in [0.717, 1.165) is 18.5 Å². The number of rotatable bonds is 5. The minimum absolute atomic E-state index is 0.0836. The van der Waals surface area contributed by atoms with Crippen molar-refractivity contribution in [3.63, 3.8) is 0 Å².